The SMILES string of the molecule is CNC(=O)Nc1ccc(N2CCN(C)CC2)cc1.COc1ccc([C@@]23CCC(=N)C[C@@H]2N(C)CC3)cc1OC. The first-order valence-electron chi connectivity index (χ1n) is 13.8. The number of ether oxygens (including phenoxy) is 2. The summed E-state index contributed by atoms with van der Waals surface area (Å²) in [6.07, 6.45) is 4.04. The predicted octanol–water partition coefficient (Wildman–Crippen LogP) is 4.04. The van der Waals surface area contributed by atoms with Gasteiger partial charge in [0.2, 0.25) is 0 Å². The van der Waals surface area contributed by atoms with Crippen LogP contribution in [0.5, 0.6) is 11.5 Å². The number of likely N-dealkylation sites (tertiary alicyclic amines) is 1. The van der Waals surface area contributed by atoms with Gasteiger partial charge in [-0.25, -0.2) is 4.79 Å². The quantitative estimate of drug-likeness (QED) is 0.534. The fraction of sp³-hybridized carbons (Fsp3) is 0.533. The molecule has 2 amide bonds. The molecule has 0 bridgehead atoms. The molecular weight excluding hydrogens is 492 g/mol. The van der Waals surface area contributed by atoms with E-state index >= 15 is 0 Å². The van der Waals surface area contributed by atoms with Crippen LogP contribution in [0.15, 0.2) is 42.5 Å². The normalized spacial score (nSPS) is 23.4. The number of fused-ring (bicyclic) bond motifs is 1. The largest absolute Gasteiger partial charge is 0.493 e. The molecule has 2 aromatic carbocycles. The summed E-state index contributed by atoms with van der Waals surface area (Å²) in [5.74, 6) is 1.59. The number of carbonyl (C=O) groups excluding carboxylic acids is 1. The molecule has 3 fully saturated rings. The topological polar surface area (TPSA) is 93.2 Å². The molecule has 3 aliphatic rings. The summed E-state index contributed by atoms with van der Waals surface area (Å²) in [4.78, 5) is 18.3. The van der Waals surface area contributed by atoms with E-state index in [0.29, 0.717) is 6.04 Å². The summed E-state index contributed by atoms with van der Waals surface area (Å²) in [5.41, 5.74) is 4.42. The van der Waals surface area contributed by atoms with Gasteiger partial charge in [0, 0.05) is 68.2 Å². The number of nitrogens with zero attached hydrogens (tertiary/aromatic N) is 3. The van der Waals surface area contributed by atoms with Gasteiger partial charge in [-0.2, -0.15) is 0 Å². The number of methoxy groups -OCH3 is 2. The van der Waals surface area contributed by atoms with Crippen molar-refractivity contribution in [2.75, 3.05) is 78.3 Å². The fourth-order valence-electron chi connectivity index (χ4n) is 6.11. The van der Waals surface area contributed by atoms with Gasteiger partial charge in [-0.1, -0.05) is 6.07 Å². The van der Waals surface area contributed by atoms with Crippen molar-refractivity contribution in [1.29, 1.82) is 5.41 Å². The standard InChI is InChI=1S/C17H24N2O2.C13H20N4O/c1-19-9-8-17(7-6-13(18)11-16(17)19)12-4-5-14(20-2)15(10-12)21-3;1-14-13(18)15-11-3-5-12(6-4-11)17-9-7-16(2)8-10-17/h4-5,10,16,18H,6-9,11H2,1-3H3;3-6H,7-10H2,1-2H3,(H2,14,15,18)/t16-,17-;/m0./s1. The highest BCUT2D eigenvalue weighted by Gasteiger charge is 2.49. The van der Waals surface area contributed by atoms with Crippen LogP contribution in [0, 0.1) is 5.41 Å². The lowest BCUT2D eigenvalue weighted by Crippen LogP contribution is -2.46. The third kappa shape index (κ3) is 6.47. The molecule has 39 heavy (non-hydrogen) atoms. The summed E-state index contributed by atoms with van der Waals surface area (Å²) in [5, 5.41) is 13.3. The number of urea groups is 1. The Morgan fingerprint density at radius 1 is 0.949 bits per heavy atom. The van der Waals surface area contributed by atoms with E-state index in [4.69, 9.17) is 14.9 Å². The smallest absolute Gasteiger partial charge is 0.318 e. The number of amides is 2. The summed E-state index contributed by atoms with van der Waals surface area (Å²) < 4.78 is 10.8. The van der Waals surface area contributed by atoms with Crippen molar-refractivity contribution in [2.24, 2.45) is 0 Å². The van der Waals surface area contributed by atoms with Crippen LogP contribution in [0.2, 0.25) is 0 Å². The van der Waals surface area contributed by atoms with Crippen LogP contribution >= 0.6 is 0 Å². The van der Waals surface area contributed by atoms with E-state index < -0.39 is 0 Å². The maximum Gasteiger partial charge on any atom is 0.318 e. The Balaban J connectivity index is 0.000000183. The van der Waals surface area contributed by atoms with Gasteiger partial charge in [-0.05, 0) is 81.9 Å². The first-order chi connectivity index (χ1) is 18.8. The Hall–Kier alpha value is -3.30. The number of likely N-dealkylation sites (N-methyl/N-ethyl adjacent to an activating group) is 2. The zero-order valence-electron chi connectivity index (χ0n) is 24.0. The summed E-state index contributed by atoms with van der Waals surface area (Å²) >= 11 is 0. The van der Waals surface area contributed by atoms with Crippen molar-refractivity contribution >= 4 is 23.1 Å². The monoisotopic (exact) mass is 536 g/mol. The predicted molar refractivity (Wildman–Crippen MR) is 158 cm³/mol. The molecule has 3 N–H and O–H groups in total. The molecule has 0 spiro atoms. The molecule has 1 saturated carbocycles. The van der Waals surface area contributed by atoms with E-state index in [2.05, 4.69) is 63.7 Å². The molecule has 0 aromatic heterocycles. The van der Waals surface area contributed by atoms with Crippen molar-refractivity contribution in [1.82, 2.24) is 15.1 Å². The lowest BCUT2D eigenvalue weighted by atomic mass is 9.65. The van der Waals surface area contributed by atoms with E-state index in [0.717, 1.165) is 81.3 Å². The molecule has 1 aliphatic carbocycles. The molecule has 0 radical (unpaired) electrons. The lowest BCUT2D eigenvalue weighted by molar-refractivity contribution is 0.226. The van der Waals surface area contributed by atoms with Crippen molar-refractivity contribution < 1.29 is 14.3 Å². The van der Waals surface area contributed by atoms with Gasteiger partial charge in [0.05, 0.1) is 14.2 Å². The second-order valence-corrected chi connectivity index (χ2v) is 10.8. The fourth-order valence-corrected chi connectivity index (χ4v) is 6.11. The average Bonchev–Trinajstić information content (AvgIpc) is 3.30. The average molecular weight is 537 g/mol. The molecule has 5 rings (SSSR count). The van der Waals surface area contributed by atoms with Gasteiger partial charge in [0.1, 0.15) is 0 Å². The lowest BCUT2D eigenvalue weighted by Gasteiger charge is -2.42. The number of nitrogens with one attached hydrogen (secondary N) is 3. The maximum atomic E-state index is 11.2. The third-order valence-corrected chi connectivity index (χ3v) is 8.57. The van der Waals surface area contributed by atoms with Crippen molar-refractivity contribution in [3.63, 3.8) is 0 Å². The van der Waals surface area contributed by atoms with E-state index in [-0.39, 0.29) is 11.4 Å². The molecule has 0 unspecified atom stereocenters. The number of piperazine rings is 1. The highest BCUT2D eigenvalue weighted by atomic mass is 16.5. The van der Waals surface area contributed by atoms with Crippen LogP contribution in [0.4, 0.5) is 16.2 Å². The van der Waals surface area contributed by atoms with Crippen LogP contribution < -0.4 is 25.0 Å². The molecule has 2 aliphatic heterocycles. The van der Waals surface area contributed by atoms with Crippen LogP contribution in [0.1, 0.15) is 31.2 Å². The van der Waals surface area contributed by atoms with Crippen molar-refractivity contribution in [3.05, 3.63) is 48.0 Å². The van der Waals surface area contributed by atoms with Gasteiger partial charge >= 0.3 is 6.03 Å². The minimum atomic E-state index is -0.192. The minimum absolute atomic E-state index is 0.166. The number of hydrogen-bond acceptors (Lipinski definition) is 7. The molecular formula is C30H44N6O3. The summed E-state index contributed by atoms with van der Waals surface area (Å²) in [7, 11) is 9.30. The van der Waals surface area contributed by atoms with Gasteiger partial charge in [-0.15, -0.1) is 0 Å². The first kappa shape index (κ1) is 28.7. The molecule has 9 heteroatoms. The zero-order chi connectivity index (χ0) is 28.0. The van der Waals surface area contributed by atoms with Crippen LogP contribution in [-0.4, -0.2) is 95.7 Å². The van der Waals surface area contributed by atoms with E-state index in [1.807, 2.05) is 18.2 Å². The number of benzene rings is 2. The molecule has 2 atom stereocenters. The Morgan fingerprint density at radius 3 is 2.28 bits per heavy atom. The molecule has 2 aromatic rings. The van der Waals surface area contributed by atoms with Gasteiger partial charge < -0.3 is 40.2 Å². The second-order valence-electron chi connectivity index (χ2n) is 10.8. The van der Waals surface area contributed by atoms with E-state index in [1.54, 1.807) is 21.3 Å². The van der Waals surface area contributed by atoms with E-state index in [1.165, 1.54) is 11.3 Å². The summed E-state index contributed by atoms with van der Waals surface area (Å²) in [6, 6.07) is 14.6. The Kier molecular flexibility index (Phi) is 9.35. The Morgan fingerprint density at radius 2 is 1.64 bits per heavy atom. The van der Waals surface area contributed by atoms with Crippen LogP contribution in [0.3, 0.4) is 0 Å². The highest BCUT2D eigenvalue weighted by Crippen LogP contribution is 2.49. The number of hydrogen-bond donors (Lipinski definition) is 3. The van der Waals surface area contributed by atoms with Crippen molar-refractivity contribution in [3.8, 4) is 11.5 Å². The number of carbonyl (C=O) groups is 1. The van der Waals surface area contributed by atoms with Crippen LogP contribution in [-0.2, 0) is 5.41 Å². The minimum Gasteiger partial charge on any atom is -0.493 e. The Labute approximate surface area is 232 Å². The van der Waals surface area contributed by atoms with Crippen LogP contribution in [0.25, 0.3) is 0 Å². The number of anilines is 2. The first-order valence-corrected chi connectivity index (χ1v) is 13.8. The van der Waals surface area contributed by atoms with Gasteiger partial charge in [0.15, 0.2) is 11.5 Å². The van der Waals surface area contributed by atoms with Crippen molar-refractivity contribution in [2.45, 2.75) is 37.1 Å². The third-order valence-electron chi connectivity index (χ3n) is 8.57. The zero-order valence-corrected chi connectivity index (χ0v) is 24.0. The molecule has 9 nitrogen and oxygen atoms in total. The number of rotatable bonds is 5. The summed E-state index contributed by atoms with van der Waals surface area (Å²) in [6.45, 7) is 5.40. The van der Waals surface area contributed by atoms with E-state index in [9.17, 15) is 4.79 Å². The highest BCUT2D eigenvalue weighted by molar-refractivity contribution is 5.89. The maximum absolute atomic E-state index is 11.2. The molecule has 2 saturated heterocycles. The van der Waals surface area contributed by atoms with Gasteiger partial charge in [-0.3, -0.25) is 0 Å². The molecule has 2 heterocycles. The molecule has 212 valence electrons. The second kappa shape index (κ2) is 12.7. The van der Waals surface area contributed by atoms with Gasteiger partial charge in [0.25, 0.3) is 0 Å². The Bertz CT molecular complexity index is 1130.